The first-order valence-corrected chi connectivity index (χ1v) is 6.52. The monoisotopic (exact) mass is 225 g/mol. The highest BCUT2D eigenvalue weighted by molar-refractivity contribution is 5.05. The van der Waals surface area contributed by atoms with Crippen LogP contribution < -0.4 is 5.32 Å². The SMILES string of the molecule is CNC(CCC1CCCO1)C1=CCCCO1. The molecule has 2 heterocycles. The number of allylic oxidation sites excluding steroid dienone is 1. The van der Waals surface area contributed by atoms with Gasteiger partial charge in [-0.1, -0.05) is 0 Å². The molecule has 3 heteroatoms. The summed E-state index contributed by atoms with van der Waals surface area (Å²) in [5, 5.41) is 3.35. The first-order valence-electron chi connectivity index (χ1n) is 6.52. The molecule has 2 aliphatic heterocycles. The van der Waals surface area contributed by atoms with E-state index in [1.54, 1.807) is 0 Å². The summed E-state index contributed by atoms with van der Waals surface area (Å²) < 4.78 is 11.4. The van der Waals surface area contributed by atoms with E-state index >= 15 is 0 Å². The van der Waals surface area contributed by atoms with Crippen LogP contribution in [0.3, 0.4) is 0 Å². The normalized spacial score (nSPS) is 27.3. The van der Waals surface area contributed by atoms with Crippen molar-refractivity contribution in [2.75, 3.05) is 20.3 Å². The maximum Gasteiger partial charge on any atom is 0.109 e. The number of hydrogen-bond donors (Lipinski definition) is 1. The zero-order valence-corrected chi connectivity index (χ0v) is 10.2. The van der Waals surface area contributed by atoms with Crippen LogP contribution in [0, 0.1) is 0 Å². The molecule has 0 bridgehead atoms. The Labute approximate surface area is 98.2 Å². The van der Waals surface area contributed by atoms with Crippen LogP contribution in [0.2, 0.25) is 0 Å². The van der Waals surface area contributed by atoms with Crippen molar-refractivity contribution in [2.45, 2.75) is 50.7 Å². The largest absolute Gasteiger partial charge is 0.497 e. The van der Waals surface area contributed by atoms with Crippen LogP contribution in [0.25, 0.3) is 0 Å². The minimum Gasteiger partial charge on any atom is -0.497 e. The molecular formula is C13H23NO2. The zero-order chi connectivity index (χ0) is 11.2. The van der Waals surface area contributed by atoms with Gasteiger partial charge in [-0.25, -0.2) is 0 Å². The van der Waals surface area contributed by atoms with Crippen molar-refractivity contribution in [1.29, 1.82) is 0 Å². The highest BCUT2D eigenvalue weighted by Crippen LogP contribution is 2.21. The Balaban J connectivity index is 1.77. The molecule has 0 radical (unpaired) electrons. The summed E-state index contributed by atoms with van der Waals surface area (Å²) in [4.78, 5) is 0. The van der Waals surface area contributed by atoms with Crippen molar-refractivity contribution >= 4 is 0 Å². The van der Waals surface area contributed by atoms with Crippen molar-refractivity contribution in [3.05, 3.63) is 11.8 Å². The van der Waals surface area contributed by atoms with E-state index in [0.29, 0.717) is 12.1 Å². The fourth-order valence-electron chi connectivity index (χ4n) is 2.47. The summed E-state index contributed by atoms with van der Waals surface area (Å²) in [6.07, 6.45) is 9.77. The lowest BCUT2D eigenvalue weighted by Gasteiger charge is -2.24. The Bertz CT molecular complexity index is 234. The van der Waals surface area contributed by atoms with Crippen molar-refractivity contribution in [3.63, 3.8) is 0 Å². The molecule has 0 aromatic rings. The molecule has 92 valence electrons. The molecular weight excluding hydrogens is 202 g/mol. The zero-order valence-electron chi connectivity index (χ0n) is 10.2. The van der Waals surface area contributed by atoms with Gasteiger partial charge in [-0.3, -0.25) is 0 Å². The van der Waals surface area contributed by atoms with E-state index in [1.165, 1.54) is 12.8 Å². The summed E-state index contributed by atoms with van der Waals surface area (Å²) in [6, 6.07) is 0.379. The highest BCUT2D eigenvalue weighted by atomic mass is 16.5. The fraction of sp³-hybridized carbons (Fsp3) is 0.846. The van der Waals surface area contributed by atoms with Gasteiger partial charge in [0.25, 0.3) is 0 Å². The summed E-state index contributed by atoms with van der Waals surface area (Å²) >= 11 is 0. The molecule has 16 heavy (non-hydrogen) atoms. The van der Waals surface area contributed by atoms with E-state index < -0.39 is 0 Å². The second-order valence-corrected chi connectivity index (χ2v) is 4.65. The molecule has 0 aromatic heterocycles. The van der Waals surface area contributed by atoms with Gasteiger partial charge in [0, 0.05) is 6.61 Å². The molecule has 2 aliphatic rings. The lowest BCUT2D eigenvalue weighted by atomic mass is 10.0. The number of ether oxygens (including phenoxy) is 2. The molecule has 1 fully saturated rings. The lowest BCUT2D eigenvalue weighted by Crippen LogP contribution is -2.31. The predicted molar refractivity (Wildman–Crippen MR) is 64.3 cm³/mol. The molecule has 0 saturated carbocycles. The summed E-state index contributed by atoms with van der Waals surface area (Å²) in [5.41, 5.74) is 0. The van der Waals surface area contributed by atoms with Crippen molar-refractivity contribution < 1.29 is 9.47 Å². The molecule has 0 amide bonds. The molecule has 2 unspecified atom stereocenters. The van der Waals surface area contributed by atoms with Crippen LogP contribution in [-0.4, -0.2) is 32.4 Å². The van der Waals surface area contributed by atoms with Gasteiger partial charge in [-0.05, 0) is 51.6 Å². The Hall–Kier alpha value is -0.540. The van der Waals surface area contributed by atoms with Gasteiger partial charge < -0.3 is 14.8 Å². The lowest BCUT2D eigenvalue weighted by molar-refractivity contribution is 0.0964. The van der Waals surface area contributed by atoms with E-state index in [9.17, 15) is 0 Å². The summed E-state index contributed by atoms with van der Waals surface area (Å²) in [5.74, 6) is 1.15. The third-order valence-electron chi connectivity index (χ3n) is 3.46. The van der Waals surface area contributed by atoms with Crippen LogP contribution in [0.15, 0.2) is 11.8 Å². The highest BCUT2D eigenvalue weighted by Gasteiger charge is 2.20. The Morgan fingerprint density at radius 3 is 3.00 bits per heavy atom. The third kappa shape index (κ3) is 3.22. The van der Waals surface area contributed by atoms with Crippen molar-refractivity contribution in [1.82, 2.24) is 5.32 Å². The van der Waals surface area contributed by atoms with Crippen LogP contribution in [0.1, 0.15) is 38.5 Å². The Kier molecular flexibility index (Phi) is 4.67. The molecule has 2 rings (SSSR count). The molecule has 0 aromatic carbocycles. The predicted octanol–water partition coefficient (Wildman–Crippen LogP) is 2.23. The molecule has 3 nitrogen and oxygen atoms in total. The second kappa shape index (κ2) is 6.26. The maximum atomic E-state index is 5.70. The molecule has 0 aliphatic carbocycles. The number of rotatable bonds is 5. The van der Waals surface area contributed by atoms with Crippen molar-refractivity contribution in [2.24, 2.45) is 0 Å². The molecule has 1 N–H and O–H groups in total. The van der Waals surface area contributed by atoms with Gasteiger partial charge in [0.2, 0.25) is 0 Å². The van der Waals surface area contributed by atoms with Crippen LogP contribution >= 0.6 is 0 Å². The Morgan fingerprint density at radius 1 is 1.44 bits per heavy atom. The van der Waals surface area contributed by atoms with Gasteiger partial charge in [-0.2, -0.15) is 0 Å². The van der Waals surface area contributed by atoms with Crippen LogP contribution in [-0.2, 0) is 9.47 Å². The van der Waals surface area contributed by atoms with E-state index in [4.69, 9.17) is 9.47 Å². The average Bonchev–Trinajstić information content (AvgIpc) is 2.84. The Morgan fingerprint density at radius 2 is 2.38 bits per heavy atom. The van der Waals surface area contributed by atoms with Gasteiger partial charge in [0.05, 0.1) is 18.8 Å². The van der Waals surface area contributed by atoms with Gasteiger partial charge in [0.1, 0.15) is 5.76 Å². The van der Waals surface area contributed by atoms with Crippen molar-refractivity contribution in [3.8, 4) is 0 Å². The minimum absolute atomic E-state index is 0.379. The topological polar surface area (TPSA) is 30.5 Å². The number of hydrogen-bond acceptors (Lipinski definition) is 3. The minimum atomic E-state index is 0.379. The van der Waals surface area contributed by atoms with E-state index in [0.717, 1.165) is 44.7 Å². The first-order chi connectivity index (χ1) is 7.90. The van der Waals surface area contributed by atoms with Gasteiger partial charge >= 0.3 is 0 Å². The van der Waals surface area contributed by atoms with E-state index in [-0.39, 0.29) is 0 Å². The second-order valence-electron chi connectivity index (χ2n) is 4.65. The number of nitrogens with one attached hydrogen (secondary N) is 1. The molecule has 2 atom stereocenters. The quantitative estimate of drug-likeness (QED) is 0.778. The fourth-order valence-corrected chi connectivity index (χ4v) is 2.47. The number of likely N-dealkylation sites (N-methyl/N-ethyl adjacent to an activating group) is 1. The smallest absolute Gasteiger partial charge is 0.109 e. The van der Waals surface area contributed by atoms with Crippen LogP contribution in [0.5, 0.6) is 0 Å². The summed E-state index contributed by atoms with van der Waals surface area (Å²) in [6.45, 7) is 1.83. The van der Waals surface area contributed by atoms with Gasteiger partial charge in [-0.15, -0.1) is 0 Å². The maximum absolute atomic E-state index is 5.70. The van der Waals surface area contributed by atoms with Crippen LogP contribution in [0.4, 0.5) is 0 Å². The first kappa shape index (κ1) is 11.9. The van der Waals surface area contributed by atoms with E-state index in [2.05, 4.69) is 11.4 Å². The van der Waals surface area contributed by atoms with Gasteiger partial charge in [0.15, 0.2) is 0 Å². The molecule has 1 saturated heterocycles. The average molecular weight is 225 g/mol. The molecule has 0 spiro atoms. The standard InChI is InChI=1S/C13H23NO2/c1-14-12(13-6-2-3-9-16-13)8-7-11-5-4-10-15-11/h6,11-12,14H,2-5,7-10H2,1H3. The summed E-state index contributed by atoms with van der Waals surface area (Å²) in [7, 11) is 2.01. The van der Waals surface area contributed by atoms with E-state index in [1.807, 2.05) is 7.05 Å². The third-order valence-corrected chi connectivity index (χ3v) is 3.46.